The Bertz CT molecular complexity index is 273. The zero-order valence-corrected chi connectivity index (χ0v) is 9.33. The van der Waals surface area contributed by atoms with Crippen LogP contribution in [0.5, 0.6) is 0 Å². The van der Waals surface area contributed by atoms with Gasteiger partial charge in [-0.15, -0.1) is 11.3 Å². The van der Waals surface area contributed by atoms with Gasteiger partial charge in [-0.25, -0.2) is 4.98 Å². The molecule has 0 aromatic carbocycles. The zero-order chi connectivity index (χ0) is 9.97. The minimum Gasteiger partial charge on any atom is -0.386 e. The van der Waals surface area contributed by atoms with Crippen LogP contribution in [-0.2, 0) is 0 Å². The minimum absolute atomic E-state index is 0.337. The second-order valence-electron chi connectivity index (χ2n) is 4.28. The molecule has 0 aliphatic heterocycles. The number of hydrogen-bond acceptors (Lipinski definition) is 3. The van der Waals surface area contributed by atoms with E-state index in [0.29, 0.717) is 11.8 Å². The Morgan fingerprint density at radius 3 is 2.93 bits per heavy atom. The van der Waals surface area contributed by atoms with Crippen molar-refractivity contribution in [2.75, 3.05) is 0 Å². The third kappa shape index (κ3) is 1.98. The van der Waals surface area contributed by atoms with Gasteiger partial charge in [0.2, 0.25) is 0 Å². The van der Waals surface area contributed by atoms with Crippen molar-refractivity contribution in [2.24, 2.45) is 11.8 Å². The molecule has 1 saturated carbocycles. The van der Waals surface area contributed by atoms with E-state index < -0.39 is 0 Å². The predicted molar refractivity (Wildman–Crippen MR) is 58.2 cm³/mol. The van der Waals surface area contributed by atoms with Crippen molar-refractivity contribution < 1.29 is 5.11 Å². The van der Waals surface area contributed by atoms with E-state index in [1.807, 2.05) is 5.38 Å². The second kappa shape index (κ2) is 4.41. The lowest BCUT2D eigenvalue weighted by Gasteiger charge is -2.31. The summed E-state index contributed by atoms with van der Waals surface area (Å²) in [5.41, 5.74) is 2.67. The van der Waals surface area contributed by atoms with Crippen LogP contribution in [0.4, 0.5) is 0 Å². The van der Waals surface area contributed by atoms with Crippen LogP contribution in [0.15, 0.2) is 10.9 Å². The average molecular weight is 211 g/mol. The molecule has 1 heterocycles. The Morgan fingerprint density at radius 1 is 1.50 bits per heavy atom. The average Bonchev–Trinajstić information content (AvgIpc) is 2.70. The monoisotopic (exact) mass is 211 g/mol. The quantitative estimate of drug-likeness (QED) is 0.815. The summed E-state index contributed by atoms with van der Waals surface area (Å²) in [5, 5.41) is 12.1. The van der Waals surface area contributed by atoms with Crippen LogP contribution in [0.2, 0.25) is 0 Å². The van der Waals surface area contributed by atoms with Gasteiger partial charge >= 0.3 is 0 Å². The topological polar surface area (TPSA) is 33.1 Å². The minimum atomic E-state index is -0.337. The number of aliphatic hydroxyl groups is 1. The van der Waals surface area contributed by atoms with Crippen LogP contribution in [-0.4, -0.2) is 10.1 Å². The summed E-state index contributed by atoms with van der Waals surface area (Å²) < 4.78 is 0. The standard InChI is InChI=1S/C11H17NOS/c1-8-4-2-3-5-9(8)11(13)10-6-14-7-12-10/h6-9,11,13H,2-5H2,1H3. The maximum absolute atomic E-state index is 10.1. The van der Waals surface area contributed by atoms with E-state index in [-0.39, 0.29) is 6.10 Å². The molecule has 1 N–H and O–H groups in total. The van der Waals surface area contributed by atoms with Gasteiger partial charge in [0.15, 0.2) is 0 Å². The summed E-state index contributed by atoms with van der Waals surface area (Å²) in [6.07, 6.45) is 4.65. The summed E-state index contributed by atoms with van der Waals surface area (Å²) in [4.78, 5) is 4.19. The molecule has 3 atom stereocenters. The highest BCUT2D eigenvalue weighted by Crippen LogP contribution is 2.38. The molecule has 2 rings (SSSR count). The molecule has 3 unspecified atom stereocenters. The third-order valence-electron chi connectivity index (χ3n) is 3.34. The molecule has 1 aliphatic carbocycles. The van der Waals surface area contributed by atoms with Crippen LogP contribution >= 0.6 is 11.3 Å². The van der Waals surface area contributed by atoms with E-state index in [4.69, 9.17) is 0 Å². The Morgan fingerprint density at radius 2 is 2.29 bits per heavy atom. The van der Waals surface area contributed by atoms with Gasteiger partial charge < -0.3 is 5.11 Å². The van der Waals surface area contributed by atoms with Crippen LogP contribution in [0.1, 0.15) is 44.4 Å². The molecule has 1 aliphatic rings. The Labute approximate surface area is 89.0 Å². The number of aromatic nitrogens is 1. The fourth-order valence-electron chi connectivity index (χ4n) is 2.40. The van der Waals surface area contributed by atoms with E-state index in [2.05, 4.69) is 11.9 Å². The molecule has 0 saturated heterocycles. The maximum Gasteiger partial charge on any atom is 0.0998 e. The van der Waals surface area contributed by atoms with Crippen molar-refractivity contribution in [3.8, 4) is 0 Å². The van der Waals surface area contributed by atoms with Crippen LogP contribution in [0.25, 0.3) is 0 Å². The Balaban J connectivity index is 2.06. The molecular weight excluding hydrogens is 194 g/mol. The predicted octanol–water partition coefficient (Wildman–Crippen LogP) is 3.00. The molecule has 0 bridgehead atoms. The van der Waals surface area contributed by atoms with Gasteiger partial charge in [0.1, 0.15) is 0 Å². The molecule has 0 radical (unpaired) electrons. The first kappa shape index (κ1) is 10.1. The van der Waals surface area contributed by atoms with Crippen molar-refractivity contribution >= 4 is 11.3 Å². The molecule has 2 nitrogen and oxygen atoms in total. The first-order valence-electron chi connectivity index (χ1n) is 5.35. The van der Waals surface area contributed by atoms with E-state index in [1.165, 1.54) is 19.3 Å². The second-order valence-corrected chi connectivity index (χ2v) is 5.00. The molecule has 78 valence electrons. The van der Waals surface area contributed by atoms with E-state index in [9.17, 15) is 5.11 Å². The fourth-order valence-corrected chi connectivity index (χ4v) is 2.98. The number of thiazole rings is 1. The largest absolute Gasteiger partial charge is 0.386 e. The van der Waals surface area contributed by atoms with Gasteiger partial charge in [0.25, 0.3) is 0 Å². The van der Waals surface area contributed by atoms with Crippen molar-refractivity contribution in [3.05, 3.63) is 16.6 Å². The van der Waals surface area contributed by atoms with E-state index >= 15 is 0 Å². The van der Waals surface area contributed by atoms with Gasteiger partial charge in [-0.3, -0.25) is 0 Å². The van der Waals surface area contributed by atoms with Crippen LogP contribution in [0, 0.1) is 11.8 Å². The number of rotatable bonds is 2. The van der Waals surface area contributed by atoms with Crippen LogP contribution in [0.3, 0.4) is 0 Å². The van der Waals surface area contributed by atoms with Crippen molar-refractivity contribution in [2.45, 2.75) is 38.7 Å². The van der Waals surface area contributed by atoms with E-state index in [1.54, 1.807) is 16.8 Å². The molecule has 14 heavy (non-hydrogen) atoms. The highest BCUT2D eigenvalue weighted by molar-refractivity contribution is 7.07. The Hall–Kier alpha value is -0.410. The SMILES string of the molecule is CC1CCCCC1C(O)c1cscn1. The molecule has 1 fully saturated rings. The molecule has 0 amide bonds. The van der Waals surface area contributed by atoms with Gasteiger partial charge in [0, 0.05) is 5.38 Å². The molecular formula is C11H17NOS. The molecule has 1 aromatic rings. The third-order valence-corrected chi connectivity index (χ3v) is 3.94. The maximum atomic E-state index is 10.1. The lowest BCUT2D eigenvalue weighted by Crippen LogP contribution is -2.23. The first-order valence-corrected chi connectivity index (χ1v) is 6.29. The van der Waals surface area contributed by atoms with Crippen molar-refractivity contribution in [1.82, 2.24) is 4.98 Å². The van der Waals surface area contributed by atoms with Crippen molar-refractivity contribution in [3.63, 3.8) is 0 Å². The van der Waals surface area contributed by atoms with Crippen molar-refractivity contribution in [1.29, 1.82) is 0 Å². The summed E-state index contributed by atoms with van der Waals surface area (Å²) in [6.45, 7) is 2.25. The fraction of sp³-hybridized carbons (Fsp3) is 0.727. The normalized spacial score (nSPS) is 30.1. The van der Waals surface area contributed by atoms with Gasteiger partial charge in [-0.2, -0.15) is 0 Å². The molecule has 0 spiro atoms. The van der Waals surface area contributed by atoms with Crippen LogP contribution < -0.4 is 0 Å². The lowest BCUT2D eigenvalue weighted by molar-refractivity contribution is 0.0502. The summed E-state index contributed by atoms with van der Waals surface area (Å²) in [7, 11) is 0. The van der Waals surface area contributed by atoms with Gasteiger partial charge in [-0.05, 0) is 18.3 Å². The number of nitrogens with zero attached hydrogens (tertiary/aromatic N) is 1. The molecule has 3 heteroatoms. The zero-order valence-electron chi connectivity index (χ0n) is 8.52. The van der Waals surface area contributed by atoms with Gasteiger partial charge in [-0.1, -0.05) is 26.2 Å². The Kier molecular flexibility index (Phi) is 3.19. The highest BCUT2D eigenvalue weighted by Gasteiger charge is 2.29. The first-order chi connectivity index (χ1) is 6.79. The number of aliphatic hydroxyl groups excluding tert-OH is 1. The summed E-state index contributed by atoms with van der Waals surface area (Å²) in [6, 6.07) is 0. The van der Waals surface area contributed by atoms with E-state index in [0.717, 1.165) is 12.1 Å². The summed E-state index contributed by atoms with van der Waals surface area (Å²) in [5.74, 6) is 1.06. The smallest absolute Gasteiger partial charge is 0.0998 e. The number of hydrogen-bond donors (Lipinski definition) is 1. The highest BCUT2D eigenvalue weighted by atomic mass is 32.1. The summed E-state index contributed by atoms with van der Waals surface area (Å²) >= 11 is 1.56. The lowest BCUT2D eigenvalue weighted by atomic mass is 9.76. The molecule has 1 aromatic heterocycles. The van der Waals surface area contributed by atoms with Gasteiger partial charge in [0.05, 0.1) is 17.3 Å².